The first-order valence-electron chi connectivity index (χ1n) is 9.38. The molecule has 1 amide bonds. The molecule has 0 saturated carbocycles. The van der Waals surface area contributed by atoms with Gasteiger partial charge in [-0.15, -0.1) is 0 Å². The smallest absolute Gasteiger partial charge is 0.223 e. The number of carbonyl (C=O) groups is 2. The van der Waals surface area contributed by atoms with Gasteiger partial charge >= 0.3 is 0 Å². The molecule has 1 unspecified atom stereocenters. The molecule has 0 N–H and O–H groups in total. The quantitative estimate of drug-likeness (QED) is 0.717. The van der Waals surface area contributed by atoms with Crippen molar-refractivity contribution in [1.29, 1.82) is 0 Å². The zero-order chi connectivity index (χ0) is 20.1. The van der Waals surface area contributed by atoms with Crippen LogP contribution in [0.15, 0.2) is 48.5 Å². The second-order valence-electron chi connectivity index (χ2n) is 7.04. The van der Waals surface area contributed by atoms with Crippen molar-refractivity contribution in [3.8, 4) is 5.75 Å². The van der Waals surface area contributed by atoms with Gasteiger partial charge in [0.2, 0.25) is 5.91 Å². The lowest BCUT2D eigenvalue weighted by Gasteiger charge is -2.39. The Bertz CT molecular complexity index is 838. The van der Waals surface area contributed by atoms with Crippen molar-refractivity contribution in [1.82, 2.24) is 9.80 Å². The normalized spacial score (nSPS) is 17.4. The predicted octanol–water partition coefficient (Wildman–Crippen LogP) is 3.31. The van der Waals surface area contributed by atoms with E-state index in [-0.39, 0.29) is 36.4 Å². The summed E-state index contributed by atoms with van der Waals surface area (Å²) in [6.45, 7) is 1.98. The van der Waals surface area contributed by atoms with Crippen molar-refractivity contribution in [3.05, 3.63) is 65.5 Å². The van der Waals surface area contributed by atoms with Gasteiger partial charge in [0, 0.05) is 38.0 Å². The molecule has 6 heteroatoms. The van der Waals surface area contributed by atoms with Crippen molar-refractivity contribution < 1.29 is 18.7 Å². The van der Waals surface area contributed by atoms with Gasteiger partial charge in [0.25, 0.3) is 0 Å². The molecule has 0 aromatic heterocycles. The van der Waals surface area contributed by atoms with Gasteiger partial charge in [-0.3, -0.25) is 14.5 Å². The molecule has 1 heterocycles. The number of piperazine rings is 1. The zero-order valence-corrected chi connectivity index (χ0v) is 16.2. The molecule has 1 saturated heterocycles. The fraction of sp³-hybridized carbons (Fsp3) is 0.364. The van der Waals surface area contributed by atoms with Crippen molar-refractivity contribution in [3.63, 3.8) is 0 Å². The molecule has 1 atom stereocenters. The van der Waals surface area contributed by atoms with E-state index < -0.39 is 0 Å². The van der Waals surface area contributed by atoms with E-state index >= 15 is 0 Å². The van der Waals surface area contributed by atoms with Crippen LogP contribution in [0.4, 0.5) is 4.39 Å². The minimum Gasteiger partial charge on any atom is -0.497 e. The van der Waals surface area contributed by atoms with E-state index in [9.17, 15) is 14.0 Å². The van der Waals surface area contributed by atoms with E-state index in [0.29, 0.717) is 18.7 Å². The van der Waals surface area contributed by atoms with Crippen molar-refractivity contribution in [2.24, 2.45) is 0 Å². The van der Waals surface area contributed by atoms with Gasteiger partial charge in [0.05, 0.1) is 13.2 Å². The zero-order valence-electron chi connectivity index (χ0n) is 16.2. The number of ketones is 1. The maximum absolute atomic E-state index is 13.0. The van der Waals surface area contributed by atoms with E-state index in [1.807, 2.05) is 36.2 Å². The number of nitrogens with zero attached hydrogens (tertiary/aromatic N) is 2. The van der Waals surface area contributed by atoms with Crippen LogP contribution in [-0.2, 0) is 4.79 Å². The molecule has 1 fully saturated rings. The second-order valence-corrected chi connectivity index (χ2v) is 7.04. The number of benzene rings is 2. The number of likely N-dealkylation sites (N-methyl/N-ethyl adjacent to an activating group) is 1. The molecular formula is C22H25FN2O3. The van der Waals surface area contributed by atoms with Crippen LogP contribution in [0.5, 0.6) is 5.75 Å². The second kappa shape index (κ2) is 8.97. The molecule has 0 radical (unpaired) electrons. The van der Waals surface area contributed by atoms with Crippen LogP contribution in [0.2, 0.25) is 0 Å². The third kappa shape index (κ3) is 4.75. The fourth-order valence-corrected chi connectivity index (χ4v) is 3.47. The molecule has 2 aromatic rings. The monoisotopic (exact) mass is 384 g/mol. The molecule has 0 aliphatic carbocycles. The number of carbonyl (C=O) groups excluding carboxylic acids is 2. The maximum Gasteiger partial charge on any atom is 0.223 e. The number of halogens is 1. The summed E-state index contributed by atoms with van der Waals surface area (Å²) < 4.78 is 18.3. The van der Waals surface area contributed by atoms with Crippen LogP contribution in [-0.4, -0.2) is 55.3 Å². The first-order chi connectivity index (χ1) is 13.5. The first kappa shape index (κ1) is 20.0. The molecule has 0 spiro atoms. The largest absolute Gasteiger partial charge is 0.497 e. The highest BCUT2D eigenvalue weighted by atomic mass is 19.1. The predicted molar refractivity (Wildman–Crippen MR) is 105 cm³/mol. The van der Waals surface area contributed by atoms with Gasteiger partial charge < -0.3 is 9.64 Å². The summed E-state index contributed by atoms with van der Waals surface area (Å²) in [6, 6.07) is 13.4. The topological polar surface area (TPSA) is 49.9 Å². The number of amides is 1. The summed E-state index contributed by atoms with van der Waals surface area (Å²) >= 11 is 0. The number of Topliss-reactive ketones (excluding diaryl/α,β-unsaturated/α-hetero) is 1. The lowest BCUT2D eigenvalue weighted by molar-refractivity contribution is -0.134. The van der Waals surface area contributed by atoms with Crippen LogP contribution in [0.25, 0.3) is 0 Å². The molecule has 2 aromatic carbocycles. The highest BCUT2D eigenvalue weighted by molar-refractivity contribution is 5.97. The maximum atomic E-state index is 13.0. The van der Waals surface area contributed by atoms with Crippen LogP contribution in [0.3, 0.4) is 0 Å². The Hall–Kier alpha value is -2.73. The fourth-order valence-electron chi connectivity index (χ4n) is 3.47. The minimum atomic E-state index is -0.381. The van der Waals surface area contributed by atoms with E-state index in [4.69, 9.17) is 4.74 Å². The molecule has 5 nitrogen and oxygen atoms in total. The Morgan fingerprint density at radius 1 is 1.11 bits per heavy atom. The van der Waals surface area contributed by atoms with Crippen LogP contribution in [0.1, 0.15) is 34.8 Å². The van der Waals surface area contributed by atoms with Crippen LogP contribution >= 0.6 is 0 Å². The van der Waals surface area contributed by atoms with Gasteiger partial charge in [-0.25, -0.2) is 4.39 Å². The summed E-state index contributed by atoms with van der Waals surface area (Å²) in [4.78, 5) is 28.9. The van der Waals surface area contributed by atoms with Gasteiger partial charge in [0.15, 0.2) is 5.78 Å². The number of methoxy groups -OCH3 is 1. The van der Waals surface area contributed by atoms with Crippen molar-refractivity contribution >= 4 is 11.7 Å². The Kier molecular flexibility index (Phi) is 6.41. The lowest BCUT2D eigenvalue weighted by Crippen LogP contribution is -2.49. The van der Waals surface area contributed by atoms with Crippen molar-refractivity contribution in [2.45, 2.75) is 18.9 Å². The first-order valence-corrected chi connectivity index (χ1v) is 9.38. The molecule has 148 valence electrons. The summed E-state index contributed by atoms with van der Waals surface area (Å²) in [5, 5.41) is 0. The molecule has 1 aliphatic rings. The summed E-state index contributed by atoms with van der Waals surface area (Å²) in [5.41, 5.74) is 1.53. The number of hydrogen-bond donors (Lipinski definition) is 0. The van der Waals surface area contributed by atoms with Crippen LogP contribution in [0, 0.1) is 5.82 Å². The van der Waals surface area contributed by atoms with Gasteiger partial charge in [-0.05, 0) is 49.0 Å². The summed E-state index contributed by atoms with van der Waals surface area (Å²) in [6.07, 6.45) is 0.283. The molecule has 28 heavy (non-hydrogen) atoms. The lowest BCUT2D eigenvalue weighted by atomic mass is 10.0. The highest BCUT2D eigenvalue weighted by Crippen LogP contribution is 2.27. The Labute approximate surface area is 164 Å². The Balaban J connectivity index is 1.60. The molecule has 1 aliphatic heterocycles. The number of hydrogen-bond acceptors (Lipinski definition) is 4. The SMILES string of the molecule is COc1cccc(C2CN(C(=O)CCC(=O)c3ccc(F)cc3)CCN2C)c1. The average Bonchev–Trinajstić information content (AvgIpc) is 2.72. The third-order valence-electron chi connectivity index (χ3n) is 5.21. The van der Waals surface area contributed by atoms with Gasteiger partial charge in [-0.2, -0.15) is 0 Å². The minimum absolute atomic E-state index is 0.0311. The standard InChI is InChI=1S/C22H25FN2O3/c1-24-12-13-25(15-20(24)17-4-3-5-19(14-17)28-2)22(27)11-10-21(26)16-6-8-18(23)9-7-16/h3-9,14,20H,10-13,15H2,1-2H3. The number of rotatable bonds is 6. The van der Waals surface area contributed by atoms with Crippen molar-refractivity contribution in [2.75, 3.05) is 33.8 Å². The van der Waals surface area contributed by atoms with E-state index in [2.05, 4.69) is 4.90 Å². The molecule has 0 bridgehead atoms. The molecule has 3 rings (SSSR count). The average molecular weight is 384 g/mol. The Morgan fingerprint density at radius 2 is 1.86 bits per heavy atom. The third-order valence-corrected chi connectivity index (χ3v) is 5.21. The summed E-state index contributed by atoms with van der Waals surface area (Å²) in [5.74, 6) is 0.233. The molecular weight excluding hydrogens is 359 g/mol. The van der Waals surface area contributed by atoms with Crippen LogP contribution < -0.4 is 4.74 Å². The van der Waals surface area contributed by atoms with Gasteiger partial charge in [-0.1, -0.05) is 12.1 Å². The highest BCUT2D eigenvalue weighted by Gasteiger charge is 2.28. The van der Waals surface area contributed by atoms with Gasteiger partial charge in [0.1, 0.15) is 11.6 Å². The summed E-state index contributed by atoms with van der Waals surface area (Å²) in [7, 11) is 3.68. The van der Waals surface area contributed by atoms with E-state index in [1.54, 1.807) is 7.11 Å². The van der Waals surface area contributed by atoms with E-state index in [0.717, 1.165) is 17.9 Å². The Morgan fingerprint density at radius 3 is 2.57 bits per heavy atom. The van der Waals surface area contributed by atoms with E-state index in [1.165, 1.54) is 24.3 Å². The number of ether oxygens (including phenoxy) is 1.